The topological polar surface area (TPSA) is 87.9 Å². The number of ether oxygens (including phenoxy) is 2. The monoisotopic (exact) mass is 668 g/mol. The number of aromatic nitrogens is 3. The third kappa shape index (κ3) is 7.08. The average molecular weight is 669 g/mol. The van der Waals surface area contributed by atoms with Gasteiger partial charge in [0.25, 0.3) is 0 Å². The summed E-state index contributed by atoms with van der Waals surface area (Å²) in [6.07, 6.45) is -1.79. The van der Waals surface area contributed by atoms with Crippen molar-refractivity contribution in [3.05, 3.63) is 84.2 Å². The number of methoxy groups -OCH3 is 2. The summed E-state index contributed by atoms with van der Waals surface area (Å²) in [4.78, 5) is 12.9. The van der Waals surface area contributed by atoms with E-state index in [0.717, 1.165) is 23.4 Å². The second-order valence-corrected chi connectivity index (χ2v) is 11.4. The van der Waals surface area contributed by atoms with Gasteiger partial charge in [0, 0.05) is 50.6 Å². The molecule has 1 aliphatic rings. The third-order valence-electron chi connectivity index (χ3n) is 8.33. The van der Waals surface area contributed by atoms with Crippen molar-refractivity contribution in [3.8, 4) is 28.6 Å². The third-order valence-corrected chi connectivity index (χ3v) is 8.33. The van der Waals surface area contributed by atoms with Gasteiger partial charge in [-0.3, -0.25) is 4.90 Å². The zero-order chi connectivity index (χ0) is 34.0. The maximum atomic E-state index is 14.9. The summed E-state index contributed by atoms with van der Waals surface area (Å²) in [6.45, 7) is 2.26. The fraction of sp³-hybridized carbons (Fsp3) is 0.294. The van der Waals surface area contributed by atoms with E-state index in [4.69, 9.17) is 9.47 Å². The van der Waals surface area contributed by atoms with Crippen molar-refractivity contribution in [3.63, 3.8) is 0 Å². The second-order valence-electron chi connectivity index (χ2n) is 11.4. The van der Waals surface area contributed by atoms with E-state index in [2.05, 4.69) is 15.3 Å². The maximum absolute atomic E-state index is 14.9. The molecule has 252 valence electrons. The number of nitrogens with one attached hydrogen (secondary N) is 1. The Morgan fingerprint density at radius 3 is 2.33 bits per heavy atom. The van der Waals surface area contributed by atoms with Crippen LogP contribution in [-0.4, -0.2) is 77.7 Å². The molecule has 0 amide bonds. The predicted molar refractivity (Wildman–Crippen MR) is 172 cm³/mol. The Morgan fingerprint density at radius 2 is 1.69 bits per heavy atom. The summed E-state index contributed by atoms with van der Waals surface area (Å²) in [5.41, 5.74) is 1.83. The average Bonchev–Trinajstić information content (AvgIpc) is 3.38. The lowest BCUT2D eigenvalue weighted by Gasteiger charge is -2.36. The zero-order valence-electron chi connectivity index (χ0n) is 26.2. The highest BCUT2D eigenvalue weighted by molar-refractivity contribution is 5.99. The predicted octanol–water partition coefficient (Wildman–Crippen LogP) is 6.97. The number of alkyl halides is 3. The summed E-state index contributed by atoms with van der Waals surface area (Å²) >= 11 is 0. The summed E-state index contributed by atoms with van der Waals surface area (Å²) in [5, 5.41) is 14.9. The maximum Gasteiger partial charge on any atom is 0.390 e. The summed E-state index contributed by atoms with van der Waals surface area (Å²) < 4.78 is 80.1. The van der Waals surface area contributed by atoms with E-state index >= 15 is 0 Å². The number of fused-ring (bicyclic) bond motifs is 1. The van der Waals surface area contributed by atoms with Gasteiger partial charge in [0.1, 0.15) is 29.0 Å². The van der Waals surface area contributed by atoms with Crippen molar-refractivity contribution >= 4 is 28.1 Å². The molecule has 0 radical (unpaired) electrons. The Balaban J connectivity index is 1.30. The summed E-state index contributed by atoms with van der Waals surface area (Å²) in [5.74, 6) is -0.193. The van der Waals surface area contributed by atoms with E-state index in [1.807, 2.05) is 17.0 Å². The van der Waals surface area contributed by atoms with Crippen molar-refractivity contribution in [2.24, 2.45) is 0 Å². The van der Waals surface area contributed by atoms with Crippen LogP contribution in [0.3, 0.4) is 0 Å². The largest absolute Gasteiger partial charge is 0.497 e. The van der Waals surface area contributed by atoms with E-state index in [1.165, 1.54) is 19.2 Å². The van der Waals surface area contributed by atoms with Crippen LogP contribution in [-0.2, 0) is 6.54 Å². The van der Waals surface area contributed by atoms with Crippen LogP contribution < -0.4 is 19.7 Å². The van der Waals surface area contributed by atoms with Gasteiger partial charge in [-0.15, -0.1) is 0 Å². The van der Waals surface area contributed by atoms with Crippen LogP contribution in [0.5, 0.6) is 17.4 Å². The molecule has 0 bridgehead atoms. The lowest BCUT2D eigenvalue weighted by atomic mass is 10.1. The fourth-order valence-corrected chi connectivity index (χ4v) is 5.80. The number of halogens is 5. The number of hydrogen-bond donors (Lipinski definition) is 2. The highest BCUT2D eigenvalue weighted by Crippen LogP contribution is 2.39. The molecule has 0 saturated carbocycles. The number of aromatic hydroxyl groups is 1. The molecule has 6 rings (SSSR count). The van der Waals surface area contributed by atoms with Crippen LogP contribution >= 0.6 is 0 Å². The number of piperazine rings is 1. The van der Waals surface area contributed by atoms with Crippen molar-refractivity contribution < 1.29 is 36.5 Å². The minimum atomic E-state index is -4.18. The summed E-state index contributed by atoms with van der Waals surface area (Å²) in [6, 6.07) is 13.9. The Kier molecular flexibility index (Phi) is 9.27. The van der Waals surface area contributed by atoms with Gasteiger partial charge in [-0.1, -0.05) is 6.07 Å². The van der Waals surface area contributed by atoms with Crippen molar-refractivity contribution in [2.45, 2.75) is 19.1 Å². The van der Waals surface area contributed by atoms with Crippen LogP contribution in [0, 0.1) is 11.6 Å². The molecule has 5 aromatic rings. The summed E-state index contributed by atoms with van der Waals surface area (Å²) in [7, 11) is 3.07. The van der Waals surface area contributed by atoms with Crippen LogP contribution in [0.2, 0.25) is 0 Å². The van der Waals surface area contributed by atoms with Gasteiger partial charge in [-0.25, -0.2) is 18.7 Å². The van der Waals surface area contributed by atoms with E-state index in [0.29, 0.717) is 54.6 Å². The first-order valence-corrected chi connectivity index (χ1v) is 15.2. The van der Waals surface area contributed by atoms with Gasteiger partial charge in [0.15, 0.2) is 0 Å². The molecule has 9 nitrogen and oxygen atoms in total. The lowest BCUT2D eigenvalue weighted by Crippen LogP contribution is -2.47. The normalized spacial score (nSPS) is 14.0. The standard InChI is InChI=1S/C34H33F5N6O3/c1-47-23-8-6-21(29(16-23)48-2)19-45-20-28-32(33(45)46)27(17-26(41-28)31-24(35)4-3-5-25(31)36)42-30-9-7-22(18-40-30)44-14-12-43(13-15-44)11-10-34(37,38)39/h3-9,16-18,20,46H,10-15,19H2,1-2H3,(H,40,42). The SMILES string of the molecule is COc1ccc(Cn2cc3nc(-c4c(F)cccc4F)cc(Nc4ccc(N5CCN(CCC(F)(F)F)CC5)cn4)c3c2O)c(OC)c1. The first kappa shape index (κ1) is 32.8. The van der Waals surface area contributed by atoms with E-state index in [9.17, 15) is 27.1 Å². The first-order valence-electron chi connectivity index (χ1n) is 15.2. The van der Waals surface area contributed by atoms with Gasteiger partial charge < -0.3 is 29.4 Å². The number of anilines is 3. The van der Waals surface area contributed by atoms with Gasteiger partial charge in [-0.05, 0) is 42.5 Å². The Morgan fingerprint density at radius 1 is 0.938 bits per heavy atom. The van der Waals surface area contributed by atoms with E-state index in [-0.39, 0.29) is 35.7 Å². The van der Waals surface area contributed by atoms with Gasteiger partial charge >= 0.3 is 6.18 Å². The number of hydrogen-bond acceptors (Lipinski definition) is 8. The van der Waals surface area contributed by atoms with Gasteiger partial charge in [-0.2, -0.15) is 13.2 Å². The van der Waals surface area contributed by atoms with Crippen LogP contribution in [0.1, 0.15) is 12.0 Å². The molecule has 3 aromatic heterocycles. The molecule has 1 saturated heterocycles. The number of rotatable bonds is 10. The van der Waals surface area contributed by atoms with Crippen molar-refractivity contribution in [1.82, 2.24) is 19.4 Å². The van der Waals surface area contributed by atoms with E-state index < -0.39 is 24.2 Å². The number of nitrogens with zero attached hydrogens (tertiary/aromatic N) is 5. The Labute approximate surface area is 273 Å². The molecule has 1 aliphatic heterocycles. The smallest absolute Gasteiger partial charge is 0.390 e. The molecular weight excluding hydrogens is 635 g/mol. The lowest BCUT2D eigenvalue weighted by molar-refractivity contribution is -0.138. The molecule has 48 heavy (non-hydrogen) atoms. The molecule has 0 atom stereocenters. The Hall–Kier alpha value is -5.11. The molecular formula is C34H33F5N6O3. The van der Waals surface area contributed by atoms with Gasteiger partial charge in [0.2, 0.25) is 5.88 Å². The quantitative estimate of drug-likeness (QED) is 0.155. The molecule has 1 fully saturated rings. The molecule has 0 aliphatic carbocycles. The fourth-order valence-electron chi connectivity index (χ4n) is 5.80. The molecule has 14 heteroatoms. The minimum absolute atomic E-state index is 0.0137. The molecule has 4 heterocycles. The molecule has 0 spiro atoms. The number of pyridine rings is 2. The zero-order valence-corrected chi connectivity index (χ0v) is 26.2. The second kappa shape index (κ2) is 13.6. The highest BCUT2D eigenvalue weighted by atomic mass is 19.4. The molecule has 0 unspecified atom stereocenters. The van der Waals surface area contributed by atoms with Crippen LogP contribution in [0.4, 0.5) is 39.1 Å². The Bertz CT molecular complexity index is 1890. The molecule has 2 N–H and O–H groups in total. The number of benzene rings is 2. The van der Waals surface area contributed by atoms with Crippen molar-refractivity contribution in [2.75, 3.05) is 57.2 Å². The highest BCUT2D eigenvalue weighted by Gasteiger charge is 2.29. The van der Waals surface area contributed by atoms with E-state index in [1.54, 1.807) is 47.2 Å². The van der Waals surface area contributed by atoms with Gasteiger partial charge in [0.05, 0.1) is 66.9 Å². The first-order chi connectivity index (χ1) is 23.0. The van der Waals surface area contributed by atoms with Crippen LogP contribution in [0.15, 0.2) is 67.0 Å². The molecule has 2 aromatic carbocycles. The van der Waals surface area contributed by atoms with Crippen molar-refractivity contribution in [1.29, 1.82) is 0 Å². The van der Waals surface area contributed by atoms with Crippen LogP contribution in [0.25, 0.3) is 22.2 Å². The minimum Gasteiger partial charge on any atom is -0.497 e.